The topological polar surface area (TPSA) is 43.4 Å². The van der Waals surface area contributed by atoms with Gasteiger partial charge in [0.25, 0.3) is 0 Å². The van der Waals surface area contributed by atoms with Crippen molar-refractivity contribution in [2.75, 3.05) is 19.8 Å². The number of nitrogens with one attached hydrogen (secondary N) is 1. The Hall–Kier alpha value is -0.490. The molecule has 0 aromatic carbocycles. The number of rotatable bonds is 3. The third-order valence-electron chi connectivity index (χ3n) is 4.13. The highest BCUT2D eigenvalue weighted by molar-refractivity contribution is 7.11. The first-order valence-electron chi connectivity index (χ1n) is 7.12. The summed E-state index contributed by atoms with van der Waals surface area (Å²) < 4.78 is 11.5. The van der Waals surface area contributed by atoms with Crippen molar-refractivity contribution in [3.05, 3.63) is 16.1 Å². The Morgan fingerprint density at radius 2 is 2.26 bits per heavy atom. The molecule has 0 aliphatic carbocycles. The number of ether oxygens (including phenoxy) is 2. The summed E-state index contributed by atoms with van der Waals surface area (Å²) in [6, 6.07) is 0.564. The number of hydrogen-bond acceptors (Lipinski definition) is 5. The summed E-state index contributed by atoms with van der Waals surface area (Å²) in [5, 5.41) is 4.82. The quantitative estimate of drug-likeness (QED) is 0.923. The summed E-state index contributed by atoms with van der Waals surface area (Å²) in [6.07, 6.45) is 6.31. The van der Waals surface area contributed by atoms with Gasteiger partial charge in [0, 0.05) is 43.5 Å². The Morgan fingerprint density at radius 1 is 1.42 bits per heavy atom. The monoisotopic (exact) mass is 282 g/mol. The van der Waals surface area contributed by atoms with Crippen LogP contribution in [0, 0.1) is 6.92 Å². The van der Waals surface area contributed by atoms with Crippen molar-refractivity contribution < 1.29 is 9.47 Å². The Morgan fingerprint density at radius 3 is 3.00 bits per heavy atom. The number of nitrogens with zero attached hydrogens (tertiary/aromatic N) is 1. The first-order valence-corrected chi connectivity index (χ1v) is 7.94. The molecule has 0 amide bonds. The van der Waals surface area contributed by atoms with E-state index in [0.717, 1.165) is 57.1 Å². The van der Waals surface area contributed by atoms with Crippen LogP contribution in [0.3, 0.4) is 0 Å². The highest BCUT2D eigenvalue weighted by Gasteiger charge is 2.38. The molecule has 1 N–H and O–H groups in total. The fraction of sp³-hybridized carbons (Fsp3) is 0.786. The minimum Gasteiger partial charge on any atom is -0.381 e. The molecule has 1 spiro atoms. The average molecular weight is 282 g/mol. The molecule has 1 aromatic rings. The van der Waals surface area contributed by atoms with Crippen LogP contribution in [0.1, 0.15) is 35.6 Å². The van der Waals surface area contributed by atoms with Gasteiger partial charge < -0.3 is 14.8 Å². The molecule has 1 aromatic heterocycles. The lowest BCUT2D eigenvalue weighted by molar-refractivity contribution is -0.140. The normalized spacial score (nSPS) is 26.7. The van der Waals surface area contributed by atoms with Gasteiger partial charge in [-0.1, -0.05) is 0 Å². The lowest BCUT2D eigenvalue weighted by Crippen LogP contribution is -2.49. The summed E-state index contributed by atoms with van der Waals surface area (Å²) in [5.41, 5.74) is 0.0811. The van der Waals surface area contributed by atoms with Crippen molar-refractivity contribution in [3.63, 3.8) is 0 Å². The van der Waals surface area contributed by atoms with E-state index in [9.17, 15) is 0 Å². The van der Waals surface area contributed by atoms with Gasteiger partial charge in [-0.3, -0.25) is 0 Å². The second-order valence-electron chi connectivity index (χ2n) is 5.56. The van der Waals surface area contributed by atoms with Gasteiger partial charge in [-0.2, -0.15) is 0 Å². The molecule has 5 heteroatoms. The van der Waals surface area contributed by atoms with Crippen molar-refractivity contribution >= 4 is 11.3 Å². The van der Waals surface area contributed by atoms with Crippen molar-refractivity contribution in [2.24, 2.45) is 0 Å². The molecular weight excluding hydrogens is 260 g/mol. The van der Waals surface area contributed by atoms with Crippen LogP contribution in [0.15, 0.2) is 6.20 Å². The number of aromatic nitrogens is 1. The molecule has 1 atom stereocenters. The average Bonchev–Trinajstić information content (AvgIpc) is 2.83. The summed E-state index contributed by atoms with van der Waals surface area (Å²) in [7, 11) is 0. The zero-order valence-corrected chi connectivity index (χ0v) is 12.3. The Kier molecular flexibility index (Phi) is 4.17. The van der Waals surface area contributed by atoms with E-state index < -0.39 is 0 Å². The lowest BCUT2D eigenvalue weighted by atomic mass is 9.84. The van der Waals surface area contributed by atoms with E-state index in [-0.39, 0.29) is 5.60 Å². The van der Waals surface area contributed by atoms with Crippen molar-refractivity contribution in [2.45, 2.75) is 50.8 Å². The van der Waals surface area contributed by atoms with Crippen LogP contribution in [0.4, 0.5) is 0 Å². The summed E-state index contributed by atoms with van der Waals surface area (Å²) in [4.78, 5) is 5.63. The number of aryl methyl sites for hydroxylation is 1. The van der Waals surface area contributed by atoms with E-state index in [1.807, 2.05) is 6.20 Å². The maximum absolute atomic E-state index is 6.06. The van der Waals surface area contributed by atoms with Crippen LogP contribution in [0.5, 0.6) is 0 Å². The molecule has 4 nitrogen and oxygen atoms in total. The van der Waals surface area contributed by atoms with E-state index in [1.54, 1.807) is 11.3 Å². The molecule has 1 unspecified atom stereocenters. The zero-order chi connectivity index (χ0) is 13.1. The molecule has 0 saturated carbocycles. The van der Waals surface area contributed by atoms with Gasteiger partial charge >= 0.3 is 0 Å². The van der Waals surface area contributed by atoms with Crippen molar-refractivity contribution in [1.29, 1.82) is 0 Å². The maximum Gasteiger partial charge on any atom is 0.0897 e. The molecule has 0 bridgehead atoms. The molecule has 19 heavy (non-hydrogen) atoms. The van der Waals surface area contributed by atoms with Crippen LogP contribution in [0.25, 0.3) is 0 Å². The predicted molar refractivity (Wildman–Crippen MR) is 75.4 cm³/mol. The first kappa shape index (κ1) is 13.5. The smallest absolute Gasteiger partial charge is 0.0897 e. The van der Waals surface area contributed by atoms with Crippen LogP contribution >= 0.6 is 11.3 Å². The minimum absolute atomic E-state index is 0.0811. The molecule has 0 radical (unpaired) electrons. The molecule has 106 valence electrons. The Bertz CT molecular complexity index is 410. The standard InChI is InChI=1S/C14H22N2O2S/c1-11-15-9-13(19-11)10-16-12-2-5-18-14(8-12)3-6-17-7-4-14/h9,12,16H,2-8,10H2,1H3. The molecule has 3 heterocycles. The van der Waals surface area contributed by atoms with Gasteiger partial charge in [-0.25, -0.2) is 4.98 Å². The van der Waals surface area contributed by atoms with Gasteiger partial charge in [-0.05, 0) is 32.6 Å². The van der Waals surface area contributed by atoms with E-state index in [1.165, 1.54) is 4.88 Å². The SMILES string of the molecule is Cc1ncc(CNC2CCOC3(CCOCC3)C2)s1. The van der Waals surface area contributed by atoms with Gasteiger partial charge in [0.15, 0.2) is 0 Å². The van der Waals surface area contributed by atoms with E-state index >= 15 is 0 Å². The van der Waals surface area contributed by atoms with Crippen molar-refractivity contribution in [3.8, 4) is 0 Å². The van der Waals surface area contributed by atoms with Gasteiger partial charge in [-0.15, -0.1) is 11.3 Å². The summed E-state index contributed by atoms with van der Waals surface area (Å²) >= 11 is 1.78. The summed E-state index contributed by atoms with van der Waals surface area (Å²) in [5.74, 6) is 0. The van der Waals surface area contributed by atoms with E-state index in [0.29, 0.717) is 6.04 Å². The lowest BCUT2D eigenvalue weighted by Gasteiger charge is -2.43. The zero-order valence-electron chi connectivity index (χ0n) is 11.5. The largest absolute Gasteiger partial charge is 0.381 e. The second-order valence-corrected chi connectivity index (χ2v) is 6.88. The molecule has 2 aliphatic heterocycles. The first-order chi connectivity index (χ1) is 9.26. The molecule has 2 saturated heterocycles. The van der Waals surface area contributed by atoms with Crippen LogP contribution in [-0.4, -0.2) is 36.4 Å². The third-order valence-corrected chi connectivity index (χ3v) is 5.04. The van der Waals surface area contributed by atoms with E-state index in [2.05, 4.69) is 17.2 Å². The fourth-order valence-electron chi connectivity index (χ4n) is 3.03. The van der Waals surface area contributed by atoms with Crippen LogP contribution in [-0.2, 0) is 16.0 Å². The second kappa shape index (κ2) is 5.87. The van der Waals surface area contributed by atoms with Crippen LogP contribution < -0.4 is 5.32 Å². The summed E-state index contributed by atoms with van der Waals surface area (Å²) in [6.45, 7) is 5.56. The Balaban J connectivity index is 1.53. The molecular formula is C14H22N2O2S. The molecule has 3 rings (SSSR count). The molecule has 2 fully saturated rings. The minimum atomic E-state index is 0.0811. The predicted octanol–water partition coefficient (Wildman–Crippen LogP) is 2.27. The third kappa shape index (κ3) is 3.34. The maximum atomic E-state index is 6.06. The van der Waals surface area contributed by atoms with Gasteiger partial charge in [0.1, 0.15) is 0 Å². The highest BCUT2D eigenvalue weighted by atomic mass is 32.1. The Labute approximate surface area is 118 Å². The fourth-order valence-corrected chi connectivity index (χ4v) is 3.77. The van der Waals surface area contributed by atoms with Gasteiger partial charge in [0.05, 0.1) is 10.6 Å². The number of thiazole rings is 1. The van der Waals surface area contributed by atoms with Crippen LogP contribution in [0.2, 0.25) is 0 Å². The van der Waals surface area contributed by atoms with Crippen molar-refractivity contribution in [1.82, 2.24) is 10.3 Å². The van der Waals surface area contributed by atoms with E-state index in [4.69, 9.17) is 9.47 Å². The van der Waals surface area contributed by atoms with Gasteiger partial charge in [0.2, 0.25) is 0 Å². The number of hydrogen-bond donors (Lipinski definition) is 1. The molecule has 2 aliphatic rings. The highest BCUT2D eigenvalue weighted by Crippen LogP contribution is 2.34.